The molecule has 1 aliphatic carbocycles. The lowest BCUT2D eigenvalue weighted by Gasteiger charge is -2.26. The molecule has 1 aliphatic rings. The molecule has 0 aromatic rings. The SMILES string of the molecule is CCNC(=NCC(C)CN(C)C(=O)OC(C)(C)C)NCCNC(=O)C1CC1. The van der Waals surface area contributed by atoms with Gasteiger partial charge in [0.1, 0.15) is 5.60 Å². The van der Waals surface area contributed by atoms with Crippen molar-refractivity contribution in [3.63, 3.8) is 0 Å². The van der Waals surface area contributed by atoms with Gasteiger partial charge in [0, 0.05) is 45.7 Å². The molecule has 0 aromatic heterocycles. The van der Waals surface area contributed by atoms with Gasteiger partial charge < -0.3 is 25.6 Å². The van der Waals surface area contributed by atoms with Crippen LogP contribution < -0.4 is 16.0 Å². The molecule has 1 saturated carbocycles. The van der Waals surface area contributed by atoms with E-state index in [4.69, 9.17) is 4.74 Å². The normalized spacial score (nSPS) is 15.7. The van der Waals surface area contributed by atoms with E-state index in [1.807, 2.05) is 34.6 Å². The monoisotopic (exact) mass is 383 g/mol. The molecule has 2 amide bonds. The molecule has 0 aliphatic heterocycles. The molecule has 0 heterocycles. The third kappa shape index (κ3) is 10.7. The minimum atomic E-state index is -0.496. The Morgan fingerprint density at radius 2 is 1.81 bits per heavy atom. The Kier molecular flexibility index (Phi) is 9.38. The minimum absolute atomic E-state index is 0.151. The third-order valence-electron chi connectivity index (χ3n) is 3.86. The number of hydrogen-bond acceptors (Lipinski definition) is 4. The molecule has 0 bridgehead atoms. The van der Waals surface area contributed by atoms with Crippen molar-refractivity contribution in [1.29, 1.82) is 0 Å². The molecule has 1 atom stereocenters. The number of hydrogen-bond donors (Lipinski definition) is 3. The number of carbonyl (C=O) groups excluding carboxylic acids is 2. The van der Waals surface area contributed by atoms with Gasteiger partial charge in [0.15, 0.2) is 5.96 Å². The molecule has 8 heteroatoms. The van der Waals surface area contributed by atoms with Crippen LogP contribution in [0, 0.1) is 11.8 Å². The van der Waals surface area contributed by atoms with Gasteiger partial charge in [-0.3, -0.25) is 9.79 Å². The van der Waals surface area contributed by atoms with Crippen LogP contribution in [-0.4, -0.2) is 68.2 Å². The average molecular weight is 384 g/mol. The van der Waals surface area contributed by atoms with Gasteiger partial charge in [0.2, 0.25) is 5.91 Å². The number of nitrogens with zero attached hydrogens (tertiary/aromatic N) is 2. The molecule has 8 nitrogen and oxygen atoms in total. The summed E-state index contributed by atoms with van der Waals surface area (Å²) in [7, 11) is 1.74. The second kappa shape index (κ2) is 11.0. The summed E-state index contributed by atoms with van der Waals surface area (Å²) in [5.74, 6) is 1.28. The molecule has 0 saturated heterocycles. The Hall–Kier alpha value is -1.99. The fourth-order valence-electron chi connectivity index (χ4n) is 2.38. The maximum atomic E-state index is 12.0. The minimum Gasteiger partial charge on any atom is -0.444 e. The van der Waals surface area contributed by atoms with Crippen molar-refractivity contribution in [3.8, 4) is 0 Å². The summed E-state index contributed by atoms with van der Waals surface area (Å²) >= 11 is 0. The largest absolute Gasteiger partial charge is 0.444 e. The topological polar surface area (TPSA) is 95.1 Å². The zero-order valence-electron chi connectivity index (χ0n) is 17.7. The number of nitrogens with one attached hydrogen (secondary N) is 3. The number of aliphatic imine (C=N–C) groups is 1. The highest BCUT2D eigenvalue weighted by molar-refractivity contribution is 5.81. The van der Waals surface area contributed by atoms with Gasteiger partial charge in [-0.2, -0.15) is 0 Å². The highest BCUT2D eigenvalue weighted by Gasteiger charge is 2.29. The summed E-state index contributed by atoms with van der Waals surface area (Å²) in [6.07, 6.45) is 1.70. The van der Waals surface area contributed by atoms with Crippen molar-refractivity contribution in [2.75, 3.05) is 39.8 Å². The van der Waals surface area contributed by atoms with Crippen molar-refractivity contribution >= 4 is 18.0 Å². The molecule has 1 unspecified atom stereocenters. The average Bonchev–Trinajstić information content (AvgIpc) is 3.39. The predicted octanol–water partition coefficient (Wildman–Crippen LogP) is 1.57. The first-order valence-electron chi connectivity index (χ1n) is 9.86. The van der Waals surface area contributed by atoms with E-state index < -0.39 is 5.60 Å². The summed E-state index contributed by atoms with van der Waals surface area (Å²) < 4.78 is 5.36. The van der Waals surface area contributed by atoms with Crippen LogP contribution in [0.25, 0.3) is 0 Å². The summed E-state index contributed by atoms with van der Waals surface area (Å²) in [6, 6.07) is 0. The quantitative estimate of drug-likeness (QED) is 0.319. The van der Waals surface area contributed by atoms with Gasteiger partial charge in [0.25, 0.3) is 0 Å². The first-order valence-corrected chi connectivity index (χ1v) is 9.86. The van der Waals surface area contributed by atoms with Crippen LogP contribution in [0.5, 0.6) is 0 Å². The van der Waals surface area contributed by atoms with E-state index in [2.05, 4.69) is 20.9 Å². The number of ether oxygens (including phenoxy) is 1. The second-order valence-electron chi connectivity index (χ2n) is 8.18. The molecule has 1 rings (SSSR count). The Labute approximate surface area is 163 Å². The number of carbonyl (C=O) groups is 2. The summed E-state index contributed by atoms with van der Waals surface area (Å²) in [4.78, 5) is 29.8. The molecule has 0 aromatic carbocycles. The number of amides is 2. The fourth-order valence-corrected chi connectivity index (χ4v) is 2.38. The van der Waals surface area contributed by atoms with Gasteiger partial charge in [-0.15, -0.1) is 0 Å². The van der Waals surface area contributed by atoms with Crippen LogP contribution in [0.1, 0.15) is 47.5 Å². The van der Waals surface area contributed by atoms with E-state index in [-0.39, 0.29) is 23.8 Å². The number of guanidine groups is 1. The second-order valence-corrected chi connectivity index (χ2v) is 8.18. The Balaban J connectivity index is 2.34. The van der Waals surface area contributed by atoms with E-state index in [0.717, 1.165) is 19.4 Å². The summed E-state index contributed by atoms with van der Waals surface area (Å²) in [5.41, 5.74) is -0.496. The van der Waals surface area contributed by atoms with Crippen molar-refractivity contribution in [2.24, 2.45) is 16.8 Å². The highest BCUT2D eigenvalue weighted by Crippen LogP contribution is 2.28. The van der Waals surface area contributed by atoms with Crippen molar-refractivity contribution in [3.05, 3.63) is 0 Å². The molecule has 1 fully saturated rings. The summed E-state index contributed by atoms with van der Waals surface area (Å²) in [5, 5.41) is 9.33. The van der Waals surface area contributed by atoms with Crippen molar-refractivity contribution < 1.29 is 14.3 Å². The van der Waals surface area contributed by atoms with Gasteiger partial charge >= 0.3 is 6.09 Å². The van der Waals surface area contributed by atoms with Crippen molar-refractivity contribution in [1.82, 2.24) is 20.9 Å². The third-order valence-corrected chi connectivity index (χ3v) is 3.86. The van der Waals surface area contributed by atoms with Gasteiger partial charge in [-0.1, -0.05) is 6.92 Å². The van der Waals surface area contributed by atoms with Crippen molar-refractivity contribution in [2.45, 2.75) is 53.1 Å². The Bertz CT molecular complexity index is 512. The van der Waals surface area contributed by atoms with E-state index in [1.54, 1.807) is 11.9 Å². The summed E-state index contributed by atoms with van der Waals surface area (Å²) in [6.45, 7) is 12.7. The zero-order chi connectivity index (χ0) is 20.4. The molecular weight excluding hydrogens is 346 g/mol. The lowest BCUT2D eigenvalue weighted by atomic mass is 10.2. The smallest absolute Gasteiger partial charge is 0.410 e. The van der Waals surface area contributed by atoms with Crippen LogP contribution >= 0.6 is 0 Å². The molecule has 156 valence electrons. The first-order chi connectivity index (χ1) is 12.6. The van der Waals surface area contributed by atoms with Gasteiger partial charge in [-0.05, 0) is 46.5 Å². The lowest BCUT2D eigenvalue weighted by Crippen LogP contribution is -2.42. The van der Waals surface area contributed by atoms with E-state index in [0.29, 0.717) is 32.1 Å². The van der Waals surface area contributed by atoms with E-state index >= 15 is 0 Å². The van der Waals surface area contributed by atoms with Crippen LogP contribution in [0.15, 0.2) is 4.99 Å². The maximum Gasteiger partial charge on any atom is 0.410 e. The Morgan fingerprint density at radius 1 is 1.19 bits per heavy atom. The maximum absolute atomic E-state index is 12.0. The number of rotatable bonds is 9. The molecular formula is C19H37N5O3. The highest BCUT2D eigenvalue weighted by atomic mass is 16.6. The van der Waals surface area contributed by atoms with Crippen LogP contribution in [0.2, 0.25) is 0 Å². The Morgan fingerprint density at radius 3 is 2.37 bits per heavy atom. The van der Waals surface area contributed by atoms with Crippen LogP contribution in [0.3, 0.4) is 0 Å². The van der Waals surface area contributed by atoms with E-state index in [1.165, 1.54) is 0 Å². The zero-order valence-corrected chi connectivity index (χ0v) is 17.7. The molecule has 27 heavy (non-hydrogen) atoms. The molecule has 3 N–H and O–H groups in total. The van der Waals surface area contributed by atoms with Crippen LogP contribution in [0.4, 0.5) is 4.79 Å². The predicted molar refractivity (Wildman–Crippen MR) is 108 cm³/mol. The van der Waals surface area contributed by atoms with Gasteiger partial charge in [0.05, 0.1) is 0 Å². The molecule has 0 spiro atoms. The first kappa shape index (κ1) is 23.0. The lowest BCUT2D eigenvalue weighted by molar-refractivity contribution is -0.122. The van der Waals surface area contributed by atoms with Gasteiger partial charge in [-0.25, -0.2) is 4.79 Å². The standard InChI is InChI=1S/C19H37N5O3/c1-7-20-17(22-11-10-21-16(25)15-8-9-15)23-12-14(2)13-24(6)18(26)27-19(3,4)5/h14-15H,7-13H2,1-6H3,(H,21,25)(H2,20,22,23). The van der Waals surface area contributed by atoms with E-state index in [9.17, 15) is 9.59 Å². The fraction of sp³-hybridized carbons (Fsp3) is 0.842. The molecule has 0 radical (unpaired) electrons. The van der Waals surface area contributed by atoms with Crippen LogP contribution in [-0.2, 0) is 9.53 Å².